The highest BCUT2D eigenvalue weighted by Crippen LogP contribution is 2.33. The number of hydrogen-bond donors (Lipinski definition) is 2. The standard InChI is InChI=1S/C36H37F3N6O3S/c1-23-29(8-6-10-32(23)49(47)18-17-48-3)30-19-25-20-40-35(42-27-13-11-26(12-14-27)41-28-15-16-44(2)22-28)43-33(25)45(34(30)46)21-24-7-4-5-9-31(24)36(37,38)39/h4-14,19-20,28,41H,15-18,21-22H2,1-3H3,(H,40,42,43). The lowest BCUT2D eigenvalue weighted by Gasteiger charge is -2.18. The van der Waals surface area contributed by atoms with Crippen LogP contribution in [-0.2, 0) is 28.3 Å². The van der Waals surface area contributed by atoms with Crippen molar-refractivity contribution in [2.75, 3.05) is 50.2 Å². The number of fused-ring (bicyclic) bond motifs is 1. The van der Waals surface area contributed by atoms with Crippen LogP contribution >= 0.6 is 0 Å². The number of rotatable bonds is 11. The highest BCUT2D eigenvalue weighted by molar-refractivity contribution is 7.85. The largest absolute Gasteiger partial charge is 0.416 e. The van der Waals surface area contributed by atoms with Crippen LogP contribution in [0.1, 0.15) is 23.1 Å². The molecule has 9 nitrogen and oxygen atoms in total. The summed E-state index contributed by atoms with van der Waals surface area (Å²) in [4.78, 5) is 26.3. The van der Waals surface area contributed by atoms with Gasteiger partial charge in [-0.25, -0.2) is 4.98 Å². The van der Waals surface area contributed by atoms with Crippen LogP contribution in [0.4, 0.5) is 30.5 Å². The maximum absolute atomic E-state index is 14.3. The zero-order valence-corrected chi connectivity index (χ0v) is 28.2. The Hall–Kier alpha value is -4.59. The molecule has 1 aliphatic rings. The molecule has 2 N–H and O–H groups in total. The fourth-order valence-electron chi connectivity index (χ4n) is 6.15. The number of aromatic nitrogens is 3. The van der Waals surface area contributed by atoms with E-state index in [9.17, 15) is 22.2 Å². The number of benzene rings is 3. The van der Waals surface area contributed by atoms with E-state index >= 15 is 0 Å². The molecule has 3 heterocycles. The lowest BCUT2D eigenvalue weighted by atomic mass is 10.0. The molecule has 1 saturated heterocycles. The number of likely N-dealkylation sites (tertiary alicyclic amines) is 1. The Bertz CT molecular complexity index is 2050. The summed E-state index contributed by atoms with van der Waals surface area (Å²) in [6, 6.07) is 20.1. The average Bonchev–Trinajstić information content (AvgIpc) is 3.49. The van der Waals surface area contributed by atoms with Crippen molar-refractivity contribution in [1.82, 2.24) is 19.4 Å². The van der Waals surface area contributed by atoms with Gasteiger partial charge in [-0.1, -0.05) is 30.3 Å². The second-order valence-electron chi connectivity index (χ2n) is 12.1. The van der Waals surface area contributed by atoms with Crippen LogP contribution in [0.3, 0.4) is 0 Å². The minimum atomic E-state index is -4.62. The fraction of sp³-hybridized carbons (Fsp3) is 0.306. The summed E-state index contributed by atoms with van der Waals surface area (Å²) < 4.78 is 61.6. The molecule has 0 saturated carbocycles. The SMILES string of the molecule is COCCS(=O)c1cccc(-c2cc3cnc(Nc4ccc(NC5CCN(C)C5)cc4)nc3n(Cc3ccccc3C(F)(F)F)c2=O)c1C. The van der Waals surface area contributed by atoms with Crippen LogP contribution in [0.25, 0.3) is 22.2 Å². The van der Waals surface area contributed by atoms with Gasteiger partial charge in [0.15, 0.2) is 0 Å². The lowest BCUT2D eigenvalue weighted by molar-refractivity contribution is -0.138. The fourth-order valence-corrected chi connectivity index (χ4v) is 7.37. The second-order valence-corrected chi connectivity index (χ2v) is 13.7. The number of anilines is 3. The number of likely N-dealkylation sites (N-methyl/N-ethyl adjacent to an activating group) is 1. The number of pyridine rings is 1. The number of hydrogen-bond acceptors (Lipinski definition) is 8. The summed E-state index contributed by atoms with van der Waals surface area (Å²) >= 11 is 0. The van der Waals surface area contributed by atoms with Gasteiger partial charge in [0.05, 0.1) is 35.3 Å². The molecule has 1 aliphatic heterocycles. The van der Waals surface area contributed by atoms with Crippen molar-refractivity contribution in [3.05, 3.63) is 106 Å². The molecule has 6 rings (SSSR count). The van der Waals surface area contributed by atoms with Crippen LogP contribution < -0.4 is 16.2 Å². The Morgan fingerprint density at radius 2 is 1.78 bits per heavy atom. The van der Waals surface area contributed by atoms with Gasteiger partial charge in [0.2, 0.25) is 5.95 Å². The molecule has 2 atom stereocenters. The zero-order valence-electron chi connectivity index (χ0n) is 27.4. The van der Waals surface area contributed by atoms with E-state index in [0.717, 1.165) is 31.3 Å². The molecule has 0 spiro atoms. The summed E-state index contributed by atoms with van der Waals surface area (Å²) in [6.07, 6.45) is -2.01. The summed E-state index contributed by atoms with van der Waals surface area (Å²) in [6.45, 7) is 3.71. The molecule has 3 aromatic carbocycles. The van der Waals surface area contributed by atoms with E-state index in [0.29, 0.717) is 39.7 Å². The summed E-state index contributed by atoms with van der Waals surface area (Å²) in [7, 11) is 2.24. The van der Waals surface area contributed by atoms with Gasteiger partial charge in [0.25, 0.3) is 5.56 Å². The van der Waals surface area contributed by atoms with Crippen molar-refractivity contribution in [3.8, 4) is 11.1 Å². The Labute approximate surface area is 284 Å². The topological polar surface area (TPSA) is 101 Å². The molecule has 49 heavy (non-hydrogen) atoms. The maximum Gasteiger partial charge on any atom is 0.416 e. The van der Waals surface area contributed by atoms with Crippen LogP contribution in [0, 0.1) is 6.92 Å². The van der Waals surface area contributed by atoms with E-state index in [1.54, 1.807) is 37.4 Å². The average molecular weight is 691 g/mol. The highest BCUT2D eigenvalue weighted by Gasteiger charge is 2.33. The van der Waals surface area contributed by atoms with Gasteiger partial charge in [0, 0.05) is 53.1 Å². The van der Waals surface area contributed by atoms with E-state index in [1.165, 1.54) is 29.9 Å². The zero-order chi connectivity index (χ0) is 34.7. The van der Waals surface area contributed by atoms with E-state index in [1.807, 2.05) is 24.3 Å². The van der Waals surface area contributed by atoms with Gasteiger partial charge >= 0.3 is 6.18 Å². The normalized spacial score (nSPS) is 15.8. The molecule has 1 fully saturated rings. The molecule has 2 aromatic heterocycles. The smallest absolute Gasteiger partial charge is 0.384 e. The molecule has 0 amide bonds. The molecular formula is C36H37F3N6O3S. The number of halogens is 3. The summed E-state index contributed by atoms with van der Waals surface area (Å²) in [5.41, 5.74) is 1.80. The lowest BCUT2D eigenvalue weighted by Crippen LogP contribution is -2.25. The van der Waals surface area contributed by atoms with Crippen molar-refractivity contribution in [3.63, 3.8) is 0 Å². The Balaban J connectivity index is 1.41. The molecule has 0 bridgehead atoms. The third-order valence-corrected chi connectivity index (χ3v) is 10.1. The first-order valence-electron chi connectivity index (χ1n) is 15.9. The number of methoxy groups -OCH3 is 1. The Kier molecular flexibility index (Phi) is 10.1. The molecule has 13 heteroatoms. The van der Waals surface area contributed by atoms with Crippen LogP contribution in [0.2, 0.25) is 0 Å². The van der Waals surface area contributed by atoms with E-state index in [-0.39, 0.29) is 35.0 Å². The first kappa shape index (κ1) is 34.3. The molecular weight excluding hydrogens is 653 g/mol. The van der Waals surface area contributed by atoms with Crippen molar-refractivity contribution in [2.24, 2.45) is 0 Å². The molecule has 0 aliphatic carbocycles. The van der Waals surface area contributed by atoms with E-state index in [4.69, 9.17) is 4.74 Å². The predicted octanol–water partition coefficient (Wildman–Crippen LogP) is 6.45. The maximum atomic E-state index is 14.3. The molecule has 256 valence electrons. The molecule has 5 aromatic rings. The van der Waals surface area contributed by atoms with Crippen molar-refractivity contribution in [1.29, 1.82) is 0 Å². The summed E-state index contributed by atoms with van der Waals surface area (Å²) in [5, 5.41) is 7.16. The van der Waals surface area contributed by atoms with Crippen molar-refractivity contribution >= 4 is 39.2 Å². The first-order chi connectivity index (χ1) is 23.5. The quantitative estimate of drug-likeness (QED) is 0.163. The van der Waals surface area contributed by atoms with Gasteiger partial charge in [-0.15, -0.1) is 0 Å². The number of alkyl halides is 3. The van der Waals surface area contributed by atoms with Gasteiger partial charge in [-0.2, -0.15) is 18.2 Å². The number of nitrogens with zero attached hydrogens (tertiary/aromatic N) is 4. The monoisotopic (exact) mass is 690 g/mol. The third-order valence-electron chi connectivity index (χ3n) is 8.67. The van der Waals surface area contributed by atoms with Gasteiger partial charge in [-0.05, 0) is 86.1 Å². The second kappa shape index (κ2) is 14.5. The van der Waals surface area contributed by atoms with E-state index < -0.39 is 28.1 Å². The minimum absolute atomic E-state index is 0.0774. The van der Waals surface area contributed by atoms with E-state index in [2.05, 4.69) is 32.5 Å². The number of nitrogens with one attached hydrogen (secondary N) is 2. The van der Waals surface area contributed by atoms with Crippen molar-refractivity contribution in [2.45, 2.75) is 37.0 Å². The van der Waals surface area contributed by atoms with Crippen LogP contribution in [-0.4, -0.2) is 69.3 Å². The third kappa shape index (κ3) is 7.69. The Morgan fingerprint density at radius 3 is 2.49 bits per heavy atom. The molecule has 2 unspecified atom stereocenters. The van der Waals surface area contributed by atoms with Gasteiger partial charge in [-0.3, -0.25) is 13.6 Å². The van der Waals surface area contributed by atoms with Crippen LogP contribution in [0.15, 0.2) is 88.7 Å². The summed E-state index contributed by atoms with van der Waals surface area (Å²) in [5.74, 6) is 0.458. The van der Waals surface area contributed by atoms with Crippen molar-refractivity contribution < 1.29 is 22.1 Å². The Morgan fingerprint density at radius 1 is 1.02 bits per heavy atom. The van der Waals surface area contributed by atoms with Gasteiger partial charge < -0.3 is 20.3 Å². The first-order valence-corrected chi connectivity index (χ1v) is 17.2. The minimum Gasteiger partial charge on any atom is -0.384 e. The van der Waals surface area contributed by atoms with Crippen LogP contribution in [0.5, 0.6) is 0 Å². The predicted molar refractivity (Wildman–Crippen MR) is 187 cm³/mol. The number of ether oxygens (including phenoxy) is 1. The highest BCUT2D eigenvalue weighted by atomic mass is 32.2. The van der Waals surface area contributed by atoms with Gasteiger partial charge in [0.1, 0.15) is 5.65 Å². The molecule has 0 radical (unpaired) electrons.